The van der Waals surface area contributed by atoms with Crippen LogP contribution in [0.3, 0.4) is 0 Å². The highest BCUT2D eigenvalue weighted by atomic mass is 32.1. The molecule has 0 spiro atoms. The molecule has 2 unspecified atom stereocenters. The minimum atomic E-state index is 0.128. The molecule has 0 fully saturated rings. The summed E-state index contributed by atoms with van der Waals surface area (Å²) < 4.78 is 0. The van der Waals surface area contributed by atoms with Crippen LogP contribution < -0.4 is 5.73 Å². The molecule has 1 aromatic heterocycles. The maximum absolute atomic E-state index is 6.26. The largest absolute Gasteiger partial charge is 0.324 e. The third kappa shape index (κ3) is 2.71. The fraction of sp³-hybridized carbons (Fsp3) is 0.286. The minimum absolute atomic E-state index is 0.128. The first-order valence-corrected chi connectivity index (χ1v) is 6.48. The molecule has 1 nitrogen and oxygen atoms in total. The van der Waals surface area contributed by atoms with Crippen molar-refractivity contribution < 1.29 is 0 Å². The van der Waals surface area contributed by atoms with E-state index in [9.17, 15) is 0 Å². The molecular formula is C14H17NS. The van der Waals surface area contributed by atoms with Crippen LogP contribution in [-0.2, 0) is 6.42 Å². The molecule has 0 aliphatic heterocycles. The molecule has 2 N–H and O–H groups in total. The van der Waals surface area contributed by atoms with E-state index in [1.54, 1.807) is 0 Å². The molecule has 0 aliphatic carbocycles. The third-order valence-corrected chi connectivity index (χ3v) is 3.80. The molecule has 0 amide bonds. The maximum Gasteiger partial charge on any atom is 0.0324 e. The summed E-state index contributed by atoms with van der Waals surface area (Å²) in [4.78, 5) is 1.42. The van der Waals surface area contributed by atoms with Crippen molar-refractivity contribution in [1.82, 2.24) is 0 Å². The van der Waals surface area contributed by atoms with Crippen LogP contribution in [0.15, 0.2) is 47.8 Å². The van der Waals surface area contributed by atoms with E-state index in [1.807, 2.05) is 29.5 Å². The average molecular weight is 231 g/mol. The van der Waals surface area contributed by atoms with Gasteiger partial charge in [-0.2, -0.15) is 0 Å². The van der Waals surface area contributed by atoms with Crippen LogP contribution in [0.1, 0.15) is 23.4 Å². The van der Waals surface area contributed by atoms with E-state index in [4.69, 9.17) is 5.73 Å². The number of thiophene rings is 1. The van der Waals surface area contributed by atoms with E-state index in [0.717, 1.165) is 6.42 Å². The molecule has 2 atom stereocenters. The van der Waals surface area contributed by atoms with Crippen molar-refractivity contribution in [2.75, 3.05) is 0 Å². The molecule has 0 aliphatic rings. The van der Waals surface area contributed by atoms with Gasteiger partial charge in [-0.05, 0) is 29.3 Å². The van der Waals surface area contributed by atoms with Crippen LogP contribution in [0, 0.1) is 5.92 Å². The summed E-state index contributed by atoms with van der Waals surface area (Å²) in [6.45, 7) is 2.22. The van der Waals surface area contributed by atoms with Gasteiger partial charge in [-0.25, -0.2) is 0 Å². The predicted octanol–water partition coefficient (Wildman–Crippen LogP) is 3.63. The number of hydrogen-bond donors (Lipinski definition) is 1. The summed E-state index contributed by atoms with van der Waals surface area (Å²) in [5.41, 5.74) is 7.49. The van der Waals surface area contributed by atoms with Gasteiger partial charge in [0.25, 0.3) is 0 Å². The van der Waals surface area contributed by atoms with E-state index in [-0.39, 0.29) is 6.04 Å². The lowest BCUT2D eigenvalue weighted by Gasteiger charge is -2.19. The second-order valence-corrected chi connectivity index (χ2v) is 5.23. The fourth-order valence-corrected chi connectivity index (χ4v) is 2.73. The zero-order chi connectivity index (χ0) is 11.4. The monoisotopic (exact) mass is 231 g/mol. The Kier molecular flexibility index (Phi) is 3.75. The highest BCUT2D eigenvalue weighted by Gasteiger charge is 2.15. The lowest BCUT2D eigenvalue weighted by atomic mass is 9.92. The van der Waals surface area contributed by atoms with Crippen LogP contribution in [0.5, 0.6) is 0 Å². The average Bonchev–Trinajstić information content (AvgIpc) is 2.82. The zero-order valence-corrected chi connectivity index (χ0v) is 10.3. The van der Waals surface area contributed by atoms with Gasteiger partial charge in [0.2, 0.25) is 0 Å². The molecule has 2 rings (SSSR count). The Morgan fingerprint density at radius 2 is 1.88 bits per heavy atom. The summed E-state index contributed by atoms with van der Waals surface area (Å²) in [7, 11) is 0. The highest BCUT2D eigenvalue weighted by Crippen LogP contribution is 2.24. The Labute approximate surface area is 101 Å². The quantitative estimate of drug-likeness (QED) is 0.854. The molecular weight excluding hydrogens is 214 g/mol. The van der Waals surface area contributed by atoms with Crippen molar-refractivity contribution >= 4 is 11.3 Å². The van der Waals surface area contributed by atoms with Gasteiger partial charge in [-0.15, -0.1) is 11.3 Å². The SMILES string of the molecule is CC(Cc1cccs1)C(N)c1ccccc1. The number of nitrogens with two attached hydrogens (primary N) is 1. The number of rotatable bonds is 4. The van der Waals surface area contributed by atoms with E-state index < -0.39 is 0 Å². The van der Waals surface area contributed by atoms with Gasteiger partial charge >= 0.3 is 0 Å². The molecule has 16 heavy (non-hydrogen) atoms. The van der Waals surface area contributed by atoms with Crippen LogP contribution in [0.4, 0.5) is 0 Å². The van der Waals surface area contributed by atoms with Crippen LogP contribution in [-0.4, -0.2) is 0 Å². The molecule has 0 saturated carbocycles. The Bertz CT molecular complexity index is 408. The normalized spacial score (nSPS) is 14.6. The summed E-state index contributed by atoms with van der Waals surface area (Å²) >= 11 is 1.81. The van der Waals surface area contributed by atoms with E-state index in [0.29, 0.717) is 5.92 Å². The Morgan fingerprint density at radius 1 is 1.12 bits per heavy atom. The minimum Gasteiger partial charge on any atom is -0.324 e. The summed E-state index contributed by atoms with van der Waals surface area (Å²) in [5, 5.41) is 2.12. The lowest BCUT2D eigenvalue weighted by molar-refractivity contribution is 0.471. The molecule has 0 saturated heterocycles. The molecule has 0 radical (unpaired) electrons. The first kappa shape index (κ1) is 11.4. The van der Waals surface area contributed by atoms with Crippen LogP contribution in [0.2, 0.25) is 0 Å². The van der Waals surface area contributed by atoms with Crippen molar-refractivity contribution in [3.8, 4) is 0 Å². The van der Waals surface area contributed by atoms with Gasteiger partial charge in [0, 0.05) is 10.9 Å². The second kappa shape index (κ2) is 5.28. The van der Waals surface area contributed by atoms with E-state index in [1.165, 1.54) is 10.4 Å². The molecule has 1 heterocycles. The van der Waals surface area contributed by atoms with Gasteiger partial charge in [0.1, 0.15) is 0 Å². The number of hydrogen-bond acceptors (Lipinski definition) is 2. The second-order valence-electron chi connectivity index (χ2n) is 4.20. The van der Waals surface area contributed by atoms with Crippen molar-refractivity contribution in [3.63, 3.8) is 0 Å². The molecule has 1 aromatic carbocycles. The lowest BCUT2D eigenvalue weighted by Crippen LogP contribution is -2.20. The zero-order valence-electron chi connectivity index (χ0n) is 9.47. The van der Waals surface area contributed by atoms with E-state index >= 15 is 0 Å². The van der Waals surface area contributed by atoms with Crippen molar-refractivity contribution in [2.24, 2.45) is 11.7 Å². The summed E-state index contributed by atoms with van der Waals surface area (Å²) in [6, 6.07) is 14.7. The standard InChI is InChI=1S/C14H17NS/c1-11(10-13-8-5-9-16-13)14(15)12-6-3-2-4-7-12/h2-9,11,14H,10,15H2,1H3. The van der Waals surface area contributed by atoms with Gasteiger partial charge in [0.05, 0.1) is 0 Å². The van der Waals surface area contributed by atoms with Gasteiger partial charge in [-0.1, -0.05) is 43.3 Å². The Hall–Kier alpha value is -1.12. The van der Waals surface area contributed by atoms with Crippen molar-refractivity contribution in [2.45, 2.75) is 19.4 Å². The molecule has 2 heteroatoms. The smallest absolute Gasteiger partial charge is 0.0324 e. The topological polar surface area (TPSA) is 26.0 Å². The summed E-state index contributed by atoms with van der Waals surface area (Å²) in [5.74, 6) is 0.473. The fourth-order valence-electron chi connectivity index (χ4n) is 1.88. The number of benzene rings is 1. The predicted molar refractivity (Wildman–Crippen MR) is 70.6 cm³/mol. The first-order chi connectivity index (χ1) is 7.77. The van der Waals surface area contributed by atoms with Crippen LogP contribution >= 0.6 is 11.3 Å². The summed E-state index contributed by atoms with van der Waals surface area (Å²) in [6.07, 6.45) is 1.06. The van der Waals surface area contributed by atoms with E-state index in [2.05, 4.69) is 36.6 Å². The van der Waals surface area contributed by atoms with Crippen LogP contribution in [0.25, 0.3) is 0 Å². The Morgan fingerprint density at radius 3 is 2.50 bits per heavy atom. The molecule has 0 bridgehead atoms. The molecule has 2 aromatic rings. The highest BCUT2D eigenvalue weighted by molar-refractivity contribution is 7.09. The van der Waals surface area contributed by atoms with Crippen molar-refractivity contribution in [1.29, 1.82) is 0 Å². The van der Waals surface area contributed by atoms with Gasteiger partial charge < -0.3 is 5.73 Å². The maximum atomic E-state index is 6.26. The van der Waals surface area contributed by atoms with Gasteiger partial charge in [0.15, 0.2) is 0 Å². The molecule has 84 valence electrons. The first-order valence-electron chi connectivity index (χ1n) is 5.60. The van der Waals surface area contributed by atoms with Crippen molar-refractivity contribution in [3.05, 3.63) is 58.3 Å². The third-order valence-electron chi connectivity index (χ3n) is 2.90. The van der Waals surface area contributed by atoms with Gasteiger partial charge in [-0.3, -0.25) is 0 Å². The Balaban J connectivity index is 2.02.